The lowest BCUT2D eigenvalue weighted by Gasteiger charge is -2.54. The van der Waals surface area contributed by atoms with Gasteiger partial charge in [-0.25, -0.2) is 0 Å². The monoisotopic (exact) mass is 403 g/mol. The van der Waals surface area contributed by atoms with Crippen LogP contribution in [0, 0.1) is 5.92 Å². The molecule has 2 N–H and O–H groups in total. The average molecular weight is 403 g/mol. The molecule has 7 nitrogen and oxygen atoms in total. The number of phenolic OH excluding ortho intramolecular Hbond substituents is 1. The molecule has 0 unspecified atom stereocenters. The predicted molar refractivity (Wildman–Crippen MR) is 105 cm³/mol. The molecule has 2 saturated heterocycles. The number of aromatic hydroxyl groups is 1. The molecule has 1 amide bonds. The van der Waals surface area contributed by atoms with Crippen LogP contribution in [0.15, 0.2) is 18.2 Å². The fourth-order valence-corrected chi connectivity index (χ4v) is 5.11. The third-order valence-electron chi connectivity index (χ3n) is 6.57. The van der Waals surface area contributed by atoms with Gasteiger partial charge in [0.1, 0.15) is 17.1 Å². The standard InChI is InChI=1S/C22H29NO6/c1-22(2)15-12-16-17(5-4-10-23(16)19(25)6-3-7-20(26)27)28-21(15)14-9-8-13(24)11-18(14)29-22/h8-9,11,15-17,21,24H,3-7,10,12H2,1-2H3,(H,26,27)/t15-,16-,17-,21+/m0/s1. The zero-order chi connectivity index (χ0) is 20.8. The molecule has 4 atom stereocenters. The Labute approximate surface area is 170 Å². The quantitative estimate of drug-likeness (QED) is 0.801. The number of hydrogen-bond donors (Lipinski definition) is 2. The number of hydrogen-bond acceptors (Lipinski definition) is 5. The lowest BCUT2D eigenvalue weighted by atomic mass is 9.72. The third kappa shape index (κ3) is 3.80. The van der Waals surface area contributed by atoms with Crippen LogP contribution < -0.4 is 4.74 Å². The first kappa shape index (κ1) is 20.0. The van der Waals surface area contributed by atoms with Crippen LogP contribution in [0.2, 0.25) is 0 Å². The first-order valence-electron chi connectivity index (χ1n) is 10.4. The Morgan fingerprint density at radius 1 is 1.28 bits per heavy atom. The highest BCUT2D eigenvalue weighted by molar-refractivity contribution is 5.77. The van der Waals surface area contributed by atoms with Crippen LogP contribution in [-0.2, 0) is 14.3 Å². The van der Waals surface area contributed by atoms with Crippen molar-refractivity contribution >= 4 is 11.9 Å². The van der Waals surface area contributed by atoms with Crippen molar-refractivity contribution in [2.45, 2.75) is 76.2 Å². The SMILES string of the molecule is CC1(C)Oc2cc(O)ccc2[C@H]2O[C@H]3CCCN(C(=O)CCCC(=O)O)[C@H]3C[C@@H]21. The van der Waals surface area contributed by atoms with Crippen molar-refractivity contribution in [1.82, 2.24) is 4.90 Å². The second kappa shape index (κ2) is 7.52. The molecule has 1 aromatic rings. The second-order valence-corrected chi connectivity index (χ2v) is 8.91. The van der Waals surface area contributed by atoms with Gasteiger partial charge in [0.15, 0.2) is 0 Å². The minimum atomic E-state index is -0.871. The minimum absolute atomic E-state index is 0.0103. The molecule has 29 heavy (non-hydrogen) atoms. The van der Waals surface area contributed by atoms with Crippen LogP contribution in [0.3, 0.4) is 0 Å². The number of likely N-dealkylation sites (tertiary alicyclic amines) is 1. The highest BCUT2D eigenvalue weighted by Gasteiger charge is 2.52. The number of carboxylic acids is 1. The predicted octanol–water partition coefficient (Wildman–Crippen LogP) is 3.26. The van der Waals surface area contributed by atoms with Gasteiger partial charge in [0.2, 0.25) is 5.91 Å². The van der Waals surface area contributed by atoms with Gasteiger partial charge in [-0.05, 0) is 51.7 Å². The lowest BCUT2D eigenvalue weighted by Crippen LogP contribution is -2.60. The molecule has 0 radical (unpaired) electrons. The first-order chi connectivity index (χ1) is 13.8. The summed E-state index contributed by atoms with van der Waals surface area (Å²) in [6, 6.07) is 5.16. The molecule has 1 aromatic carbocycles. The van der Waals surface area contributed by atoms with E-state index in [1.54, 1.807) is 12.1 Å². The van der Waals surface area contributed by atoms with Crippen LogP contribution in [0.4, 0.5) is 0 Å². The highest BCUT2D eigenvalue weighted by Crippen LogP contribution is 2.52. The number of fused-ring (bicyclic) bond motifs is 4. The maximum Gasteiger partial charge on any atom is 0.303 e. The van der Waals surface area contributed by atoms with E-state index in [1.807, 2.05) is 24.8 Å². The van der Waals surface area contributed by atoms with Crippen LogP contribution in [-0.4, -0.2) is 51.3 Å². The number of rotatable bonds is 4. The van der Waals surface area contributed by atoms with Crippen LogP contribution in [0.1, 0.15) is 64.0 Å². The molecule has 0 aromatic heterocycles. The molecular formula is C22H29NO6. The molecule has 0 bridgehead atoms. The summed E-state index contributed by atoms with van der Waals surface area (Å²) in [5, 5.41) is 18.7. The zero-order valence-corrected chi connectivity index (χ0v) is 17.0. The van der Waals surface area contributed by atoms with E-state index >= 15 is 0 Å². The summed E-state index contributed by atoms with van der Waals surface area (Å²) in [6.07, 6.45) is 3.04. The van der Waals surface area contributed by atoms with Gasteiger partial charge in [-0.15, -0.1) is 0 Å². The molecule has 0 spiro atoms. The van der Waals surface area contributed by atoms with Gasteiger partial charge in [-0.1, -0.05) is 0 Å². The first-order valence-corrected chi connectivity index (χ1v) is 10.4. The number of carbonyl (C=O) groups excluding carboxylic acids is 1. The molecule has 3 aliphatic rings. The molecule has 3 heterocycles. The Morgan fingerprint density at radius 2 is 2.07 bits per heavy atom. The Balaban J connectivity index is 1.55. The fraction of sp³-hybridized carbons (Fsp3) is 0.636. The van der Waals surface area contributed by atoms with Crippen molar-refractivity contribution in [2.24, 2.45) is 5.92 Å². The zero-order valence-electron chi connectivity index (χ0n) is 17.0. The van der Waals surface area contributed by atoms with Gasteiger partial charge >= 0.3 is 5.97 Å². The van der Waals surface area contributed by atoms with E-state index < -0.39 is 11.6 Å². The van der Waals surface area contributed by atoms with E-state index in [1.165, 1.54) is 0 Å². The highest BCUT2D eigenvalue weighted by atomic mass is 16.5. The molecule has 4 rings (SSSR count). The summed E-state index contributed by atoms with van der Waals surface area (Å²) in [7, 11) is 0. The Morgan fingerprint density at radius 3 is 2.83 bits per heavy atom. The second-order valence-electron chi connectivity index (χ2n) is 8.91. The number of carboxylic acid groups (broad SMARTS) is 1. The maximum absolute atomic E-state index is 12.8. The molecule has 3 aliphatic heterocycles. The number of benzene rings is 1. The van der Waals surface area contributed by atoms with Crippen LogP contribution in [0.25, 0.3) is 0 Å². The van der Waals surface area contributed by atoms with E-state index in [-0.39, 0.29) is 48.7 Å². The lowest BCUT2D eigenvalue weighted by molar-refractivity contribution is -0.193. The minimum Gasteiger partial charge on any atom is -0.508 e. The summed E-state index contributed by atoms with van der Waals surface area (Å²) in [4.78, 5) is 25.5. The molecule has 7 heteroatoms. The number of nitrogens with zero attached hydrogens (tertiary/aromatic N) is 1. The summed E-state index contributed by atoms with van der Waals surface area (Å²) >= 11 is 0. The van der Waals surface area contributed by atoms with E-state index in [2.05, 4.69) is 0 Å². The Hall–Kier alpha value is -2.28. The molecule has 0 saturated carbocycles. The van der Waals surface area contributed by atoms with E-state index in [0.717, 1.165) is 24.8 Å². The Bertz CT molecular complexity index is 806. The Kier molecular flexibility index (Phi) is 5.19. The maximum atomic E-state index is 12.8. The van der Waals surface area contributed by atoms with E-state index in [4.69, 9.17) is 14.6 Å². The number of piperidine rings is 1. The summed E-state index contributed by atoms with van der Waals surface area (Å²) in [5.74, 6) is 0.0506. The largest absolute Gasteiger partial charge is 0.508 e. The van der Waals surface area contributed by atoms with Crippen molar-refractivity contribution < 1.29 is 29.3 Å². The smallest absolute Gasteiger partial charge is 0.303 e. The average Bonchev–Trinajstić information content (AvgIpc) is 2.65. The van der Waals surface area contributed by atoms with Crippen LogP contribution >= 0.6 is 0 Å². The van der Waals surface area contributed by atoms with Gasteiger partial charge in [-0.2, -0.15) is 0 Å². The van der Waals surface area contributed by atoms with Crippen molar-refractivity contribution in [3.05, 3.63) is 23.8 Å². The molecule has 158 valence electrons. The number of aliphatic carboxylic acids is 1. The third-order valence-corrected chi connectivity index (χ3v) is 6.57. The number of amides is 1. The summed E-state index contributed by atoms with van der Waals surface area (Å²) in [6.45, 7) is 4.76. The number of phenols is 1. The molecule has 0 aliphatic carbocycles. The van der Waals surface area contributed by atoms with Gasteiger partial charge in [-0.3, -0.25) is 9.59 Å². The van der Waals surface area contributed by atoms with Crippen LogP contribution in [0.5, 0.6) is 11.5 Å². The number of carbonyl (C=O) groups is 2. The van der Waals surface area contributed by atoms with Crippen molar-refractivity contribution in [3.63, 3.8) is 0 Å². The van der Waals surface area contributed by atoms with Crippen molar-refractivity contribution in [2.75, 3.05) is 6.54 Å². The van der Waals surface area contributed by atoms with Crippen molar-refractivity contribution in [1.29, 1.82) is 0 Å². The molecule has 2 fully saturated rings. The van der Waals surface area contributed by atoms with Gasteiger partial charge in [0, 0.05) is 36.9 Å². The van der Waals surface area contributed by atoms with Crippen molar-refractivity contribution in [3.8, 4) is 11.5 Å². The van der Waals surface area contributed by atoms with E-state index in [0.29, 0.717) is 18.7 Å². The summed E-state index contributed by atoms with van der Waals surface area (Å²) in [5.41, 5.74) is 0.460. The topological polar surface area (TPSA) is 96.3 Å². The summed E-state index contributed by atoms with van der Waals surface area (Å²) < 4.78 is 12.8. The number of ether oxygens (including phenoxy) is 2. The normalized spacial score (nSPS) is 29.8. The fourth-order valence-electron chi connectivity index (χ4n) is 5.11. The van der Waals surface area contributed by atoms with Gasteiger partial charge in [0.25, 0.3) is 0 Å². The molecular weight excluding hydrogens is 374 g/mol. The van der Waals surface area contributed by atoms with E-state index in [9.17, 15) is 14.7 Å². The van der Waals surface area contributed by atoms with Gasteiger partial charge in [0.05, 0.1) is 18.2 Å². The van der Waals surface area contributed by atoms with Gasteiger partial charge < -0.3 is 24.6 Å².